The molecule has 1 N–H and O–H groups in total. The zero-order chi connectivity index (χ0) is 22.8. The average Bonchev–Trinajstić information content (AvgIpc) is 3.15. The van der Waals surface area contributed by atoms with Gasteiger partial charge in [-0.15, -0.1) is 0 Å². The van der Waals surface area contributed by atoms with Gasteiger partial charge in [0.15, 0.2) is 0 Å². The van der Waals surface area contributed by atoms with Crippen LogP contribution < -0.4 is 10.9 Å². The Bertz CT molecular complexity index is 1340. The van der Waals surface area contributed by atoms with Gasteiger partial charge in [0, 0.05) is 12.1 Å². The number of carbonyl (C=O) groups is 1. The molecule has 2 heterocycles. The lowest BCUT2D eigenvalue weighted by Crippen LogP contribution is -2.38. The fourth-order valence-corrected chi connectivity index (χ4v) is 3.82. The van der Waals surface area contributed by atoms with Crippen molar-refractivity contribution in [2.45, 2.75) is 39.8 Å². The predicted octanol–water partition coefficient (Wildman–Crippen LogP) is 3.61. The molecule has 164 valence electrons. The Morgan fingerprint density at radius 2 is 1.75 bits per heavy atom. The van der Waals surface area contributed by atoms with Crippen molar-refractivity contribution in [3.05, 3.63) is 87.7 Å². The van der Waals surface area contributed by atoms with E-state index in [0.717, 1.165) is 5.69 Å². The molecule has 0 aliphatic rings. The second-order valence-electron chi connectivity index (χ2n) is 7.62. The van der Waals surface area contributed by atoms with Crippen molar-refractivity contribution in [3.63, 3.8) is 0 Å². The summed E-state index contributed by atoms with van der Waals surface area (Å²) in [6, 6.07) is 15.0. The molecule has 0 unspecified atom stereocenters. The fourth-order valence-electron chi connectivity index (χ4n) is 3.82. The molecule has 1 amide bonds. The van der Waals surface area contributed by atoms with Crippen LogP contribution >= 0.6 is 0 Å². The number of hydrogen-bond donors (Lipinski definition) is 1. The number of rotatable bonds is 6. The Balaban J connectivity index is 1.72. The first-order valence-corrected chi connectivity index (χ1v) is 10.5. The van der Waals surface area contributed by atoms with Crippen molar-refractivity contribution >= 4 is 16.8 Å². The lowest BCUT2D eigenvalue weighted by atomic mass is 10.1. The molecule has 7 nitrogen and oxygen atoms in total. The maximum Gasteiger partial charge on any atom is 0.278 e. The van der Waals surface area contributed by atoms with E-state index in [1.165, 1.54) is 10.7 Å². The molecule has 0 fully saturated rings. The summed E-state index contributed by atoms with van der Waals surface area (Å²) >= 11 is 0. The number of nitrogens with zero attached hydrogens (tertiary/aromatic N) is 4. The van der Waals surface area contributed by atoms with Crippen molar-refractivity contribution in [1.29, 1.82) is 0 Å². The molecule has 0 spiro atoms. The third-order valence-electron chi connectivity index (χ3n) is 5.53. The van der Waals surface area contributed by atoms with Crippen LogP contribution in [0, 0.1) is 19.7 Å². The Labute approximate surface area is 184 Å². The SMILES string of the molecule is CC[C@@H](C(=O)NCc1ccccc1F)n1nc(C)c2nn(-c3ccccc3)c(C)c2c1=O. The maximum atomic E-state index is 13.9. The smallest absolute Gasteiger partial charge is 0.278 e. The third-order valence-corrected chi connectivity index (χ3v) is 5.53. The van der Waals surface area contributed by atoms with Gasteiger partial charge in [-0.25, -0.2) is 13.8 Å². The lowest BCUT2D eigenvalue weighted by Gasteiger charge is -2.17. The normalized spacial score (nSPS) is 12.1. The number of halogens is 1. The van der Waals surface area contributed by atoms with E-state index in [1.54, 1.807) is 36.7 Å². The van der Waals surface area contributed by atoms with E-state index in [0.29, 0.717) is 34.3 Å². The van der Waals surface area contributed by atoms with Crippen molar-refractivity contribution in [2.24, 2.45) is 0 Å². The van der Waals surface area contributed by atoms with Crippen molar-refractivity contribution in [3.8, 4) is 5.69 Å². The summed E-state index contributed by atoms with van der Waals surface area (Å²) in [5.41, 5.74) is 2.58. The molecular weight excluding hydrogens is 409 g/mol. The van der Waals surface area contributed by atoms with Gasteiger partial charge >= 0.3 is 0 Å². The van der Waals surface area contributed by atoms with Crippen LogP contribution in [0.25, 0.3) is 16.6 Å². The molecule has 1 atom stereocenters. The van der Waals surface area contributed by atoms with E-state index in [4.69, 9.17) is 0 Å². The fraction of sp³-hybridized carbons (Fsp3) is 0.250. The van der Waals surface area contributed by atoms with Gasteiger partial charge in [0.1, 0.15) is 17.4 Å². The van der Waals surface area contributed by atoms with E-state index >= 15 is 0 Å². The zero-order valence-corrected chi connectivity index (χ0v) is 18.2. The Morgan fingerprint density at radius 1 is 1.06 bits per heavy atom. The number of carbonyl (C=O) groups excluding carboxylic acids is 1. The molecule has 0 radical (unpaired) electrons. The topological polar surface area (TPSA) is 81.8 Å². The predicted molar refractivity (Wildman–Crippen MR) is 120 cm³/mol. The van der Waals surface area contributed by atoms with E-state index in [-0.39, 0.29) is 12.1 Å². The van der Waals surface area contributed by atoms with Gasteiger partial charge < -0.3 is 5.32 Å². The summed E-state index contributed by atoms with van der Waals surface area (Å²) in [7, 11) is 0. The highest BCUT2D eigenvalue weighted by Gasteiger charge is 2.25. The Morgan fingerprint density at radius 3 is 2.44 bits per heavy atom. The number of hydrogen-bond acceptors (Lipinski definition) is 4. The van der Waals surface area contributed by atoms with Gasteiger partial charge in [-0.3, -0.25) is 9.59 Å². The molecule has 0 aliphatic carbocycles. The molecule has 2 aromatic heterocycles. The second-order valence-corrected chi connectivity index (χ2v) is 7.62. The van der Waals surface area contributed by atoms with Gasteiger partial charge in [-0.2, -0.15) is 10.2 Å². The highest BCUT2D eigenvalue weighted by molar-refractivity contribution is 5.84. The quantitative estimate of drug-likeness (QED) is 0.504. The van der Waals surface area contributed by atoms with E-state index in [1.807, 2.05) is 37.3 Å². The number of aromatic nitrogens is 4. The monoisotopic (exact) mass is 433 g/mol. The largest absolute Gasteiger partial charge is 0.350 e. The average molecular weight is 433 g/mol. The van der Waals surface area contributed by atoms with Crippen molar-refractivity contribution in [2.75, 3.05) is 0 Å². The van der Waals surface area contributed by atoms with Crippen LogP contribution in [0.3, 0.4) is 0 Å². The van der Waals surface area contributed by atoms with Crippen molar-refractivity contribution < 1.29 is 9.18 Å². The molecule has 8 heteroatoms. The van der Waals surface area contributed by atoms with Crippen LogP contribution in [-0.2, 0) is 11.3 Å². The zero-order valence-electron chi connectivity index (χ0n) is 18.2. The Kier molecular flexibility index (Phi) is 5.85. The molecule has 0 saturated heterocycles. The number of amides is 1. The first-order valence-electron chi connectivity index (χ1n) is 10.5. The van der Waals surface area contributed by atoms with Crippen LogP contribution in [0.2, 0.25) is 0 Å². The van der Waals surface area contributed by atoms with E-state index < -0.39 is 17.8 Å². The summed E-state index contributed by atoms with van der Waals surface area (Å²) in [4.78, 5) is 26.3. The number of benzene rings is 2. The number of para-hydroxylation sites is 1. The summed E-state index contributed by atoms with van der Waals surface area (Å²) in [5, 5.41) is 12.2. The molecule has 0 bridgehead atoms. The molecule has 0 aliphatic heterocycles. The minimum atomic E-state index is -0.822. The third kappa shape index (κ3) is 3.79. The van der Waals surface area contributed by atoms with Gasteiger partial charge in [-0.1, -0.05) is 43.3 Å². The molecule has 0 saturated carbocycles. The highest BCUT2D eigenvalue weighted by atomic mass is 19.1. The van der Waals surface area contributed by atoms with Crippen LogP contribution in [0.5, 0.6) is 0 Å². The van der Waals surface area contributed by atoms with Crippen LogP contribution in [0.1, 0.15) is 36.3 Å². The number of aryl methyl sites for hydroxylation is 2. The molecule has 4 rings (SSSR count). The summed E-state index contributed by atoms with van der Waals surface area (Å²) in [5.74, 6) is -0.783. The second kappa shape index (κ2) is 8.74. The Hall–Kier alpha value is -3.81. The molecular formula is C24H24FN5O2. The lowest BCUT2D eigenvalue weighted by molar-refractivity contribution is -0.125. The molecule has 4 aromatic rings. The summed E-state index contributed by atoms with van der Waals surface area (Å²) < 4.78 is 16.8. The van der Waals surface area contributed by atoms with E-state index in [9.17, 15) is 14.0 Å². The van der Waals surface area contributed by atoms with Gasteiger partial charge in [-0.05, 0) is 38.5 Å². The number of nitrogens with one attached hydrogen (secondary N) is 1. The highest BCUT2D eigenvalue weighted by Crippen LogP contribution is 2.21. The van der Waals surface area contributed by atoms with Crippen LogP contribution in [0.4, 0.5) is 4.39 Å². The number of fused-ring (bicyclic) bond motifs is 1. The van der Waals surface area contributed by atoms with Crippen molar-refractivity contribution in [1.82, 2.24) is 24.9 Å². The van der Waals surface area contributed by atoms with Crippen LogP contribution in [-0.4, -0.2) is 25.5 Å². The van der Waals surface area contributed by atoms with Crippen LogP contribution in [0.15, 0.2) is 59.4 Å². The van der Waals surface area contributed by atoms with E-state index in [2.05, 4.69) is 15.5 Å². The summed E-state index contributed by atoms with van der Waals surface area (Å²) in [6.45, 7) is 5.43. The maximum absolute atomic E-state index is 13.9. The first kappa shape index (κ1) is 21.4. The first-order chi connectivity index (χ1) is 15.4. The minimum absolute atomic E-state index is 0.0307. The summed E-state index contributed by atoms with van der Waals surface area (Å²) in [6.07, 6.45) is 0.354. The molecule has 2 aromatic carbocycles. The van der Waals surface area contributed by atoms with Gasteiger partial charge in [0.05, 0.1) is 22.5 Å². The standard InChI is InChI=1S/C24H24FN5O2/c1-4-20(23(31)26-14-17-10-8-9-13-19(17)25)30-24(32)21-16(3)29(18-11-6-5-7-12-18)28-22(21)15(2)27-30/h5-13,20H,4,14H2,1-3H3,(H,26,31)/t20-/m0/s1. The molecule has 32 heavy (non-hydrogen) atoms. The van der Waals surface area contributed by atoms with Gasteiger partial charge in [0.25, 0.3) is 5.56 Å². The minimum Gasteiger partial charge on any atom is -0.350 e. The van der Waals surface area contributed by atoms with Gasteiger partial charge in [0.2, 0.25) is 5.91 Å².